The third kappa shape index (κ3) is 6.42. The van der Waals surface area contributed by atoms with Crippen LogP contribution in [0.2, 0.25) is 0 Å². The van der Waals surface area contributed by atoms with Crippen LogP contribution in [0.25, 0.3) is 11.1 Å². The van der Waals surface area contributed by atoms with Crippen LogP contribution < -0.4 is 4.74 Å². The van der Waals surface area contributed by atoms with E-state index in [2.05, 4.69) is 16.8 Å². The van der Waals surface area contributed by atoms with Gasteiger partial charge in [-0.25, -0.2) is 4.98 Å². The average molecular weight is 486 g/mol. The standard InChI is InChI=1S/C26H26F3N3O3/c1-18(34)25-30-12-13-32(25)22(16-33)9-4-19-2-5-20(6-3-19)21-7-10-23(11-8-21)35-24-14-31(15-24)17-26(27,28)29/h2-3,5-8,10-13,18,22,24,33-34H,14-17H2,1H3/t18?,22-/m0/s1. The summed E-state index contributed by atoms with van der Waals surface area (Å²) in [5.74, 6) is 7.15. The lowest BCUT2D eigenvalue weighted by Gasteiger charge is -2.39. The van der Waals surface area contributed by atoms with E-state index in [9.17, 15) is 23.4 Å². The number of hydrogen-bond donors (Lipinski definition) is 2. The smallest absolute Gasteiger partial charge is 0.401 e. The van der Waals surface area contributed by atoms with Crippen LogP contribution in [0.1, 0.15) is 30.5 Å². The Bertz CT molecular complexity index is 1170. The molecule has 4 rings (SSSR count). The Labute approximate surface area is 201 Å². The number of aliphatic hydroxyl groups excluding tert-OH is 2. The lowest BCUT2D eigenvalue weighted by molar-refractivity contribution is -0.162. The van der Waals surface area contributed by atoms with Gasteiger partial charge in [0.1, 0.15) is 29.8 Å². The number of rotatable bonds is 7. The Morgan fingerprint density at radius 1 is 1.09 bits per heavy atom. The van der Waals surface area contributed by atoms with Crippen LogP contribution >= 0.6 is 0 Å². The maximum Gasteiger partial charge on any atom is 0.401 e. The fraction of sp³-hybridized carbons (Fsp3) is 0.346. The maximum atomic E-state index is 12.4. The maximum absolute atomic E-state index is 12.4. The summed E-state index contributed by atoms with van der Waals surface area (Å²) in [5, 5.41) is 19.6. The van der Waals surface area contributed by atoms with Gasteiger partial charge in [-0.3, -0.25) is 4.90 Å². The number of hydrogen-bond acceptors (Lipinski definition) is 5. The van der Waals surface area contributed by atoms with Gasteiger partial charge in [0, 0.05) is 31.0 Å². The number of aliphatic hydroxyl groups is 2. The van der Waals surface area contributed by atoms with Crippen molar-refractivity contribution >= 4 is 0 Å². The van der Waals surface area contributed by atoms with E-state index in [1.54, 1.807) is 23.9 Å². The van der Waals surface area contributed by atoms with Crippen molar-refractivity contribution in [3.05, 3.63) is 72.3 Å². The summed E-state index contributed by atoms with van der Waals surface area (Å²) in [6.45, 7) is 1.03. The molecule has 184 valence electrons. The lowest BCUT2D eigenvalue weighted by atomic mass is 10.0. The summed E-state index contributed by atoms with van der Waals surface area (Å²) < 4.78 is 44.6. The van der Waals surface area contributed by atoms with Crippen LogP contribution in [0.5, 0.6) is 5.75 Å². The van der Waals surface area contributed by atoms with Crippen LogP contribution in [-0.4, -0.2) is 63.2 Å². The molecular weight excluding hydrogens is 459 g/mol. The predicted octanol–water partition coefficient (Wildman–Crippen LogP) is 3.81. The molecule has 1 aliphatic heterocycles. The van der Waals surface area contributed by atoms with Gasteiger partial charge in [0.2, 0.25) is 0 Å². The number of aromatic nitrogens is 2. The molecule has 0 radical (unpaired) electrons. The Balaban J connectivity index is 1.35. The number of halogens is 3. The van der Waals surface area contributed by atoms with Gasteiger partial charge >= 0.3 is 6.18 Å². The topological polar surface area (TPSA) is 70.8 Å². The van der Waals surface area contributed by atoms with Crippen LogP contribution in [0.3, 0.4) is 0 Å². The van der Waals surface area contributed by atoms with Crippen molar-refractivity contribution in [2.75, 3.05) is 26.2 Å². The molecule has 6 nitrogen and oxygen atoms in total. The molecule has 0 bridgehead atoms. The molecule has 2 aromatic carbocycles. The molecule has 1 aromatic heterocycles. The normalized spacial score (nSPS) is 16.2. The highest BCUT2D eigenvalue weighted by atomic mass is 19.4. The summed E-state index contributed by atoms with van der Waals surface area (Å²) in [5.41, 5.74) is 2.73. The Kier molecular flexibility index (Phi) is 7.45. The molecular formula is C26H26F3N3O3. The van der Waals surface area contributed by atoms with Crippen molar-refractivity contribution in [2.45, 2.75) is 31.3 Å². The van der Waals surface area contributed by atoms with E-state index in [0.29, 0.717) is 11.6 Å². The fourth-order valence-electron chi connectivity index (χ4n) is 3.93. The van der Waals surface area contributed by atoms with Crippen molar-refractivity contribution < 1.29 is 28.1 Å². The van der Waals surface area contributed by atoms with Crippen molar-refractivity contribution in [1.29, 1.82) is 0 Å². The second-order valence-corrected chi connectivity index (χ2v) is 8.49. The third-order valence-electron chi connectivity index (χ3n) is 5.67. The summed E-state index contributed by atoms with van der Waals surface area (Å²) in [7, 11) is 0. The van der Waals surface area contributed by atoms with E-state index in [1.165, 1.54) is 4.90 Å². The van der Waals surface area contributed by atoms with E-state index in [-0.39, 0.29) is 25.8 Å². The third-order valence-corrected chi connectivity index (χ3v) is 5.67. The summed E-state index contributed by atoms with van der Waals surface area (Å²) in [6, 6.07) is 14.5. The Morgan fingerprint density at radius 3 is 2.29 bits per heavy atom. The first-order valence-electron chi connectivity index (χ1n) is 11.2. The molecule has 9 heteroatoms. The SMILES string of the molecule is CC(O)c1nccn1[C@@H](C#Cc1ccc(-c2ccc(OC3CN(CC(F)(F)F)C3)cc2)cc1)CO. The first kappa shape index (κ1) is 24.8. The highest BCUT2D eigenvalue weighted by molar-refractivity contribution is 5.65. The largest absolute Gasteiger partial charge is 0.488 e. The van der Waals surface area contributed by atoms with Gasteiger partial charge in [-0.05, 0) is 42.3 Å². The van der Waals surface area contributed by atoms with Gasteiger partial charge in [0.25, 0.3) is 0 Å². The number of benzene rings is 2. The molecule has 1 saturated heterocycles. The minimum absolute atomic E-state index is 0.212. The molecule has 0 saturated carbocycles. The van der Waals surface area contributed by atoms with E-state index in [4.69, 9.17) is 4.74 Å². The zero-order chi connectivity index (χ0) is 25.0. The molecule has 1 aliphatic rings. The van der Waals surface area contributed by atoms with Gasteiger partial charge in [0.05, 0.1) is 13.2 Å². The fourth-order valence-corrected chi connectivity index (χ4v) is 3.93. The molecule has 0 spiro atoms. The monoisotopic (exact) mass is 485 g/mol. The van der Waals surface area contributed by atoms with E-state index in [0.717, 1.165) is 16.7 Å². The second-order valence-electron chi connectivity index (χ2n) is 8.49. The van der Waals surface area contributed by atoms with Gasteiger partial charge < -0.3 is 19.5 Å². The van der Waals surface area contributed by atoms with Crippen LogP contribution in [0.15, 0.2) is 60.9 Å². The molecule has 35 heavy (non-hydrogen) atoms. The van der Waals surface area contributed by atoms with Gasteiger partial charge in [-0.1, -0.05) is 36.1 Å². The van der Waals surface area contributed by atoms with Crippen molar-refractivity contribution in [2.24, 2.45) is 0 Å². The molecule has 1 unspecified atom stereocenters. The molecule has 2 N–H and O–H groups in total. The molecule has 2 atom stereocenters. The molecule has 0 amide bonds. The molecule has 1 fully saturated rings. The summed E-state index contributed by atoms with van der Waals surface area (Å²) >= 11 is 0. The number of alkyl halides is 3. The van der Waals surface area contributed by atoms with Gasteiger partial charge in [-0.15, -0.1) is 0 Å². The molecule has 0 aliphatic carbocycles. The van der Waals surface area contributed by atoms with Crippen molar-refractivity contribution in [3.63, 3.8) is 0 Å². The van der Waals surface area contributed by atoms with Gasteiger partial charge in [-0.2, -0.15) is 13.2 Å². The summed E-state index contributed by atoms with van der Waals surface area (Å²) in [4.78, 5) is 5.43. The van der Waals surface area contributed by atoms with Crippen molar-refractivity contribution in [1.82, 2.24) is 14.5 Å². The highest BCUT2D eigenvalue weighted by Gasteiger charge is 2.37. The predicted molar refractivity (Wildman–Crippen MR) is 125 cm³/mol. The minimum Gasteiger partial charge on any atom is -0.488 e. The first-order valence-corrected chi connectivity index (χ1v) is 11.2. The number of ether oxygens (including phenoxy) is 1. The Hall–Kier alpha value is -3.32. The average Bonchev–Trinajstić information content (AvgIpc) is 3.28. The molecule has 2 heterocycles. The van der Waals surface area contributed by atoms with Crippen LogP contribution in [0, 0.1) is 11.8 Å². The molecule has 3 aromatic rings. The minimum atomic E-state index is -4.18. The number of nitrogens with zero attached hydrogens (tertiary/aromatic N) is 3. The van der Waals surface area contributed by atoms with Gasteiger partial charge in [0.15, 0.2) is 0 Å². The van der Waals surface area contributed by atoms with E-state index >= 15 is 0 Å². The van der Waals surface area contributed by atoms with Crippen LogP contribution in [0.4, 0.5) is 13.2 Å². The van der Waals surface area contributed by atoms with E-state index in [1.807, 2.05) is 48.5 Å². The van der Waals surface area contributed by atoms with E-state index < -0.39 is 24.9 Å². The first-order chi connectivity index (χ1) is 16.7. The highest BCUT2D eigenvalue weighted by Crippen LogP contribution is 2.26. The van der Waals surface area contributed by atoms with Crippen LogP contribution in [-0.2, 0) is 0 Å². The number of imidazole rings is 1. The lowest BCUT2D eigenvalue weighted by Crippen LogP contribution is -2.56. The quantitative estimate of drug-likeness (QED) is 0.498. The van der Waals surface area contributed by atoms with Crippen molar-refractivity contribution in [3.8, 4) is 28.7 Å². The zero-order valence-electron chi connectivity index (χ0n) is 19.1. The zero-order valence-corrected chi connectivity index (χ0v) is 19.1. The summed E-state index contributed by atoms with van der Waals surface area (Å²) in [6.07, 6.45) is -1.95. The number of likely N-dealkylation sites (tertiary alicyclic amines) is 1. The second kappa shape index (κ2) is 10.5. The Morgan fingerprint density at radius 2 is 1.71 bits per heavy atom.